The van der Waals surface area contributed by atoms with Crippen molar-refractivity contribution in [3.8, 4) is 5.82 Å². The first-order valence-electron chi connectivity index (χ1n) is 4.55. The summed E-state index contributed by atoms with van der Waals surface area (Å²) in [6.07, 6.45) is 3.66. The van der Waals surface area contributed by atoms with Crippen molar-refractivity contribution in [2.75, 3.05) is 0 Å². The Hall–Kier alpha value is -1.02. The van der Waals surface area contributed by atoms with E-state index in [0.717, 1.165) is 20.6 Å². The number of pyridine rings is 1. The molecule has 2 N–H and O–H groups in total. The third-order valence-electron chi connectivity index (χ3n) is 2.01. The minimum absolute atomic E-state index is 0.369. The molecule has 0 bridgehead atoms. The minimum atomic E-state index is 0.369. The fraction of sp³-hybridized carbons (Fsp3) is 0.100. The molecule has 4 nitrogen and oxygen atoms in total. The molecule has 2 rings (SSSR count). The lowest BCUT2D eigenvalue weighted by Gasteiger charge is -2.05. The third kappa shape index (κ3) is 2.38. The second kappa shape index (κ2) is 4.46. The lowest BCUT2D eigenvalue weighted by Crippen LogP contribution is -2.11. The molecule has 82 valence electrons. The highest BCUT2D eigenvalue weighted by Crippen LogP contribution is 2.11. The first-order valence-corrected chi connectivity index (χ1v) is 6.04. The summed E-state index contributed by atoms with van der Waals surface area (Å²) in [4.78, 5) is 4.75. The minimum Gasteiger partial charge on any atom is -0.389 e. The summed E-state index contributed by atoms with van der Waals surface area (Å²) in [5.74, 6) is 0.728. The highest BCUT2D eigenvalue weighted by Gasteiger charge is 2.05. The molecule has 0 saturated heterocycles. The second-order valence-corrected chi connectivity index (χ2v) is 5.01. The van der Waals surface area contributed by atoms with Gasteiger partial charge >= 0.3 is 0 Å². The van der Waals surface area contributed by atoms with Crippen LogP contribution in [0, 0.1) is 10.5 Å². The maximum Gasteiger partial charge on any atom is 0.154 e. The predicted octanol–water partition coefficient (Wildman–Crippen LogP) is 1.81. The zero-order chi connectivity index (χ0) is 11.7. The van der Waals surface area contributed by atoms with Crippen LogP contribution in [0.4, 0.5) is 0 Å². The number of aryl methyl sites for hydroxylation is 1. The Morgan fingerprint density at radius 1 is 1.50 bits per heavy atom. The Balaban J connectivity index is 2.53. The van der Waals surface area contributed by atoms with Gasteiger partial charge < -0.3 is 5.73 Å². The van der Waals surface area contributed by atoms with Gasteiger partial charge in [0.1, 0.15) is 4.99 Å². The van der Waals surface area contributed by atoms with Crippen LogP contribution in [0.2, 0.25) is 0 Å². The van der Waals surface area contributed by atoms with Gasteiger partial charge in [0.05, 0.1) is 9.77 Å². The van der Waals surface area contributed by atoms with E-state index in [1.54, 1.807) is 10.9 Å². The smallest absolute Gasteiger partial charge is 0.154 e. The van der Waals surface area contributed by atoms with Gasteiger partial charge in [0.15, 0.2) is 5.82 Å². The number of halogens is 1. The quantitative estimate of drug-likeness (QED) is 0.667. The first-order chi connectivity index (χ1) is 7.56. The maximum absolute atomic E-state index is 5.61. The van der Waals surface area contributed by atoms with Crippen LogP contribution in [-0.4, -0.2) is 19.8 Å². The highest BCUT2D eigenvalue weighted by atomic mass is 127. The Morgan fingerprint density at radius 2 is 2.25 bits per heavy atom. The van der Waals surface area contributed by atoms with E-state index in [1.807, 2.05) is 25.3 Å². The van der Waals surface area contributed by atoms with Crippen LogP contribution >= 0.6 is 34.8 Å². The number of aromatic nitrogens is 3. The zero-order valence-corrected chi connectivity index (χ0v) is 11.5. The van der Waals surface area contributed by atoms with Crippen LogP contribution in [0.5, 0.6) is 0 Å². The molecule has 6 heteroatoms. The van der Waals surface area contributed by atoms with E-state index in [-0.39, 0.29) is 0 Å². The summed E-state index contributed by atoms with van der Waals surface area (Å²) >= 11 is 7.15. The molecule has 2 aromatic rings. The van der Waals surface area contributed by atoms with Crippen molar-refractivity contribution in [1.29, 1.82) is 0 Å². The summed E-state index contributed by atoms with van der Waals surface area (Å²) in [6, 6.07) is 3.69. The van der Waals surface area contributed by atoms with Crippen LogP contribution in [0.25, 0.3) is 5.82 Å². The number of hydrogen-bond donors (Lipinski definition) is 1. The van der Waals surface area contributed by atoms with Gasteiger partial charge in [0.25, 0.3) is 0 Å². The number of hydrogen-bond acceptors (Lipinski definition) is 3. The topological polar surface area (TPSA) is 56.7 Å². The molecule has 0 aliphatic carbocycles. The van der Waals surface area contributed by atoms with Crippen LogP contribution in [0.15, 0.2) is 24.5 Å². The largest absolute Gasteiger partial charge is 0.389 e. The highest BCUT2D eigenvalue weighted by molar-refractivity contribution is 14.1. The van der Waals surface area contributed by atoms with Gasteiger partial charge in [-0.2, -0.15) is 5.10 Å². The number of nitrogens with zero attached hydrogens (tertiary/aromatic N) is 3. The first kappa shape index (κ1) is 11.5. The van der Waals surface area contributed by atoms with E-state index in [0.29, 0.717) is 4.99 Å². The normalized spacial score (nSPS) is 10.4. The van der Waals surface area contributed by atoms with Gasteiger partial charge in [0.2, 0.25) is 0 Å². The number of rotatable bonds is 2. The van der Waals surface area contributed by atoms with Crippen LogP contribution in [0.3, 0.4) is 0 Å². The Morgan fingerprint density at radius 3 is 2.81 bits per heavy atom. The van der Waals surface area contributed by atoms with E-state index in [9.17, 15) is 0 Å². The fourth-order valence-corrected chi connectivity index (χ4v) is 1.84. The average molecular weight is 344 g/mol. The molecule has 0 aliphatic rings. The van der Waals surface area contributed by atoms with E-state index < -0.39 is 0 Å². The van der Waals surface area contributed by atoms with Crippen molar-refractivity contribution < 1.29 is 0 Å². The van der Waals surface area contributed by atoms with Gasteiger partial charge in [-0.05, 0) is 41.6 Å². The molecule has 0 spiro atoms. The molecule has 0 saturated carbocycles. The van der Waals surface area contributed by atoms with Crippen LogP contribution < -0.4 is 5.73 Å². The van der Waals surface area contributed by atoms with E-state index in [1.165, 1.54) is 0 Å². The summed E-state index contributed by atoms with van der Waals surface area (Å²) in [5.41, 5.74) is 7.28. The van der Waals surface area contributed by atoms with Gasteiger partial charge in [-0.1, -0.05) is 12.2 Å². The molecule has 0 unspecified atom stereocenters. The monoisotopic (exact) mass is 344 g/mol. The fourth-order valence-electron chi connectivity index (χ4n) is 1.34. The van der Waals surface area contributed by atoms with E-state index in [4.69, 9.17) is 18.0 Å². The van der Waals surface area contributed by atoms with Gasteiger partial charge in [0, 0.05) is 17.5 Å². The molecule has 0 atom stereocenters. The van der Waals surface area contributed by atoms with Gasteiger partial charge in [-0.15, -0.1) is 0 Å². The maximum atomic E-state index is 5.61. The standard InChI is InChI=1S/C10H9IN4S/c1-6-2-7(10(12)16)3-9(14-6)15-5-8(11)4-13-15/h2-5H,1H3,(H2,12,16). The SMILES string of the molecule is Cc1cc(C(N)=S)cc(-n2cc(I)cn2)n1. The summed E-state index contributed by atoms with van der Waals surface area (Å²) < 4.78 is 2.76. The van der Waals surface area contributed by atoms with Gasteiger partial charge in [-0.25, -0.2) is 9.67 Å². The average Bonchev–Trinajstić information content (AvgIpc) is 2.64. The molecular formula is C10H9IN4S. The molecule has 0 aromatic carbocycles. The zero-order valence-electron chi connectivity index (χ0n) is 8.51. The molecule has 16 heavy (non-hydrogen) atoms. The molecule has 0 aliphatic heterocycles. The summed E-state index contributed by atoms with van der Waals surface area (Å²) in [5, 5.41) is 4.19. The van der Waals surface area contributed by atoms with Crippen molar-refractivity contribution in [1.82, 2.24) is 14.8 Å². The van der Waals surface area contributed by atoms with E-state index >= 15 is 0 Å². The molecule has 0 amide bonds. The predicted molar refractivity (Wildman–Crippen MR) is 74.7 cm³/mol. The number of thiocarbonyl (C=S) groups is 1. The van der Waals surface area contributed by atoms with Gasteiger partial charge in [-0.3, -0.25) is 0 Å². The van der Waals surface area contributed by atoms with Crippen molar-refractivity contribution in [2.45, 2.75) is 6.92 Å². The second-order valence-electron chi connectivity index (χ2n) is 3.32. The Bertz CT molecular complexity index is 550. The molecule has 0 fully saturated rings. The van der Waals surface area contributed by atoms with E-state index in [2.05, 4.69) is 32.7 Å². The van der Waals surface area contributed by atoms with Crippen molar-refractivity contribution in [3.05, 3.63) is 39.4 Å². The van der Waals surface area contributed by atoms with Crippen LogP contribution in [0.1, 0.15) is 11.3 Å². The van der Waals surface area contributed by atoms with Crippen molar-refractivity contribution >= 4 is 39.8 Å². The lowest BCUT2D eigenvalue weighted by molar-refractivity contribution is 0.840. The Kier molecular flexibility index (Phi) is 3.20. The summed E-state index contributed by atoms with van der Waals surface area (Å²) in [6.45, 7) is 1.90. The molecule has 2 heterocycles. The summed E-state index contributed by atoms with van der Waals surface area (Å²) in [7, 11) is 0. The van der Waals surface area contributed by atoms with Crippen LogP contribution in [-0.2, 0) is 0 Å². The number of nitrogens with two attached hydrogens (primary N) is 1. The molecular weight excluding hydrogens is 335 g/mol. The Labute approximate surface area is 112 Å². The lowest BCUT2D eigenvalue weighted by atomic mass is 10.2. The molecule has 0 radical (unpaired) electrons. The van der Waals surface area contributed by atoms with Crippen molar-refractivity contribution in [3.63, 3.8) is 0 Å². The third-order valence-corrected chi connectivity index (χ3v) is 2.80. The molecule has 2 aromatic heterocycles. The van der Waals surface area contributed by atoms with Crippen molar-refractivity contribution in [2.24, 2.45) is 5.73 Å².